The number of non-ortho nitro benzene ring substituents is 1. The SMILES string of the molecule is CCCCOC(=O)c1ccn(-c2ccc([N+](=O)[O-])cc2)n1. The second kappa shape index (κ2) is 6.65. The van der Waals surface area contributed by atoms with Gasteiger partial charge >= 0.3 is 5.97 Å². The molecule has 1 aromatic carbocycles. The van der Waals surface area contributed by atoms with Crippen LogP contribution >= 0.6 is 0 Å². The summed E-state index contributed by atoms with van der Waals surface area (Å²) in [7, 11) is 0. The van der Waals surface area contributed by atoms with Crippen LogP contribution in [0.4, 0.5) is 5.69 Å². The van der Waals surface area contributed by atoms with Gasteiger partial charge in [-0.05, 0) is 24.6 Å². The number of carbonyl (C=O) groups excluding carboxylic acids is 1. The largest absolute Gasteiger partial charge is 0.461 e. The maximum absolute atomic E-state index is 11.7. The van der Waals surface area contributed by atoms with Gasteiger partial charge in [0.05, 0.1) is 17.2 Å². The molecule has 0 saturated heterocycles. The van der Waals surface area contributed by atoms with Crippen LogP contribution < -0.4 is 0 Å². The zero-order valence-electron chi connectivity index (χ0n) is 11.6. The van der Waals surface area contributed by atoms with E-state index < -0.39 is 10.9 Å². The van der Waals surface area contributed by atoms with Crippen LogP contribution in [0.1, 0.15) is 30.3 Å². The maximum Gasteiger partial charge on any atom is 0.358 e. The Hall–Kier alpha value is -2.70. The molecule has 2 rings (SSSR count). The molecule has 0 atom stereocenters. The molecule has 0 bridgehead atoms. The molecule has 0 aliphatic heterocycles. The van der Waals surface area contributed by atoms with Gasteiger partial charge < -0.3 is 4.74 Å². The molecule has 0 amide bonds. The van der Waals surface area contributed by atoms with Crippen molar-refractivity contribution in [3.8, 4) is 5.69 Å². The van der Waals surface area contributed by atoms with Gasteiger partial charge in [-0.1, -0.05) is 13.3 Å². The number of nitro benzene ring substituents is 1. The van der Waals surface area contributed by atoms with Crippen LogP contribution in [0.5, 0.6) is 0 Å². The lowest BCUT2D eigenvalue weighted by molar-refractivity contribution is -0.384. The molecule has 7 nitrogen and oxygen atoms in total. The first-order valence-corrected chi connectivity index (χ1v) is 6.59. The number of unbranched alkanes of at least 4 members (excludes halogenated alkanes) is 1. The summed E-state index contributed by atoms with van der Waals surface area (Å²) in [6, 6.07) is 7.46. The minimum atomic E-state index is -0.469. The van der Waals surface area contributed by atoms with Crippen molar-refractivity contribution < 1.29 is 14.5 Å². The molecular formula is C14H15N3O4. The minimum absolute atomic E-state index is 0.00473. The second-order valence-corrected chi connectivity index (χ2v) is 4.41. The lowest BCUT2D eigenvalue weighted by Crippen LogP contribution is -2.08. The summed E-state index contributed by atoms with van der Waals surface area (Å²) in [4.78, 5) is 21.8. The average Bonchev–Trinajstić information content (AvgIpc) is 2.97. The second-order valence-electron chi connectivity index (χ2n) is 4.41. The monoisotopic (exact) mass is 289 g/mol. The number of esters is 1. The molecule has 21 heavy (non-hydrogen) atoms. The number of aromatic nitrogens is 2. The number of carbonyl (C=O) groups is 1. The van der Waals surface area contributed by atoms with Crippen LogP contribution in [0, 0.1) is 10.1 Å². The van der Waals surface area contributed by atoms with Crippen LogP contribution in [0.2, 0.25) is 0 Å². The van der Waals surface area contributed by atoms with Gasteiger partial charge in [-0.25, -0.2) is 9.48 Å². The van der Waals surface area contributed by atoms with Gasteiger partial charge in [0.15, 0.2) is 5.69 Å². The van der Waals surface area contributed by atoms with E-state index >= 15 is 0 Å². The Labute approximate surface area is 121 Å². The van der Waals surface area contributed by atoms with E-state index in [1.165, 1.54) is 16.8 Å². The molecule has 2 aromatic rings. The molecule has 0 spiro atoms. The Kier molecular flexibility index (Phi) is 4.65. The summed E-state index contributed by atoms with van der Waals surface area (Å²) < 4.78 is 6.54. The maximum atomic E-state index is 11.7. The van der Waals surface area contributed by atoms with Gasteiger partial charge in [0.2, 0.25) is 0 Å². The molecule has 0 radical (unpaired) electrons. The lowest BCUT2D eigenvalue weighted by Gasteiger charge is -2.02. The number of rotatable bonds is 6. The number of nitrogens with zero attached hydrogens (tertiary/aromatic N) is 3. The molecule has 7 heteroatoms. The van der Waals surface area contributed by atoms with Crippen molar-refractivity contribution in [2.75, 3.05) is 6.61 Å². The van der Waals surface area contributed by atoms with Gasteiger partial charge in [0.25, 0.3) is 5.69 Å². The Morgan fingerprint density at radius 1 is 1.33 bits per heavy atom. The van der Waals surface area contributed by atoms with Crippen molar-refractivity contribution >= 4 is 11.7 Å². The molecular weight excluding hydrogens is 274 g/mol. The number of hydrogen-bond acceptors (Lipinski definition) is 5. The smallest absolute Gasteiger partial charge is 0.358 e. The Bertz CT molecular complexity index is 634. The molecule has 0 saturated carbocycles. The van der Waals surface area contributed by atoms with E-state index in [1.807, 2.05) is 6.92 Å². The van der Waals surface area contributed by atoms with E-state index in [1.54, 1.807) is 24.4 Å². The molecule has 0 fully saturated rings. The number of ether oxygens (including phenoxy) is 1. The fourth-order valence-corrected chi connectivity index (χ4v) is 1.69. The molecule has 1 heterocycles. The summed E-state index contributed by atoms with van der Waals surface area (Å²) in [5.41, 5.74) is 0.850. The van der Waals surface area contributed by atoms with E-state index in [0.29, 0.717) is 12.3 Å². The summed E-state index contributed by atoms with van der Waals surface area (Å²) in [6.07, 6.45) is 3.37. The van der Waals surface area contributed by atoms with E-state index in [-0.39, 0.29) is 11.4 Å². The minimum Gasteiger partial charge on any atom is -0.461 e. The zero-order chi connectivity index (χ0) is 15.2. The van der Waals surface area contributed by atoms with Crippen LogP contribution in [0.15, 0.2) is 36.5 Å². The third-order valence-electron chi connectivity index (χ3n) is 2.85. The van der Waals surface area contributed by atoms with E-state index in [4.69, 9.17) is 4.74 Å². The number of benzene rings is 1. The van der Waals surface area contributed by atoms with Crippen molar-refractivity contribution in [1.82, 2.24) is 9.78 Å². The van der Waals surface area contributed by atoms with E-state index in [2.05, 4.69) is 5.10 Å². The Balaban J connectivity index is 2.08. The van der Waals surface area contributed by atoms with Crippen LogP contribution in [-0.4, -0.2) is 27.3 Å². The third-order valence-corrected chi connectivity index (χ3v) is 2.85. The van der Waals surface area contributed by atoms with Crippen molar-refractivity contribution in [2.24, 2.45) is 0 Å². The van der Waals surface area contributed by atoms with Crippen molar-refractivity contribution in [3.63, 3.8) is 0 Å². The highest BCUT2D eigenvalue weighted by atomic mass is 16.6. The summed E-state index contributed by atoms with van der Waals surface area (Å²) in [5.74, 6) is -0.468. The van der Waals surface area contributed by atoms with Crippen LogP contribution in [0.25, 0.3) is 5.69 Å². The lowest BCUT2D eigenvalue weighted by atomic mass is 10.3. The first-order chi connectivity index (χ1) is 10.1. The van der Waals surface area contributed by atoms with Gasteiger partial charge in [-0.2, -0.15) is 5.10 Å². The van der Waals surface area contributed by atoms with Crippen molar-refractivity contribution in [1.29, 1.82) is 0 Å². The molecule has 110 valence electrons. The molecule has 0 aliphatic carbocycles. The Morgan fingerprint density at radius 2 is 2.05 bits per heavy atom. The van der Waals surface area contributed by atoms with Gasteiger partial charge in [0.1, 0.15) is 0 Å². The van der Waals surface area contributed by atoms with Crippen molar-refractivity contribution in [2.45, 2.75) is 19.8 Å². The van der Waals surface area contributed by atoms with E-state index in [0.717, 1.165) is 12.8 Å². The predicted octanol–water partition coefficient (Wildman–Crippen LogP) is 2.74. The molecule has 0 N–H and O–H groups in total. The third kappa shape index (κ3) is 3.65. The van der Waals surface area contributed by atoms with E-state index in [9.17, 15) is 14.9 Å². The first-order valence-electron chi connectivity index (χ1n) is 6.59. The number of nitro groups is 1. The topological polar surface area (TPSA) is 87.3 Å². The molecule has 1 aromatic heterocycles. The van der Waals surface area contributed by atoms with Gasteiger partial charge in [-0.3, -0.25) is 10.1 Å². The standard InChI is InChI=1S/C14H15N3O4/c1-2-3-10-21-14(18)13-8-9-16(15-13)11-4-6-12(7-5-11)17(19)20/h4-9H,2-3,10H2,1H3. The van der Waals surface area contributed by atoms with Crippen molar-refractivity contribution in [3.05, 3.63) is 52.3 Å². The zero-order valence-corrected chi connectivity index (χ0v) is 11.6. The number of hydrogen-bond donors (Lipinski definition) is 0. The first kappa shape index (κ1) is 14.7. The van der Waals surface area contributed by atoms with Crippen LogP contribution in [-0.2, 0) is 4.74 Å². The normalized spacial score (nSPS) is 10.3. The molecule has 0 aliphatic rings. The fourth-order valence-electron chi connectivity index (χ4n) is 1.69. The highest BCUT2D eigenvalue weighted by molar-refractivity contribution is 5.87. The summed E-state index contributed by atoms with van der Waals surface area (Å²) in [6.45, 7) is 2.39. The fraction of sp³-hybridized carbons (Fsp3) is 0.286. The highest BCUT2D eigenvalue weighted by Gasteiger charge is 2.12. The van der Waals surface area contributed by atoms with Gasteiger partial charge in [0, 0.05) is 18.3 Å². The highest BCUT2D eigenvalue weighted by Crippen LogP contribution is 2.15. The average molecular weight is 289 g/mol. The summed E-state index contributed by atoms with van der Waals surface area (Å²) >= 11 is 0. The summed E-state index contributed by atoms with van der Waals surface area (Å²) in [5, 5.41) is 14.7. The predicted molar refractivity (Wildman–Crippen MR) is 75.4 cm³/mol. The van der Waals surface area contributed by atoms with Crippen LogP contribution in [0.3, 0.4) is 0 Å². The Morgan fingerprint density at radius 3 is 2.67 bits per heavy atom. The molecule has 0 unspecified atom stereocenters. The quantitative estimate of drug-likeness (QED) is 0.353. The van der Waals surface area contributed by atoms with Gasteiger partial charge in [-0.15, -0.1) is 0 Å².